The minimum Gasteiger partial charge on any atom is -0.507 e. The van der Waals surface area contributed by atoms with E-state index in [4.69, 9.17) is 9.72 Å². The van der Waals surface area contributed by atoms with Gasteiger partial charge in [-0.2, -0.15) is 0 Å². The van der Waals surface area contributed by atoms with Gasteiger partial charge in [0.2, 0.25) is 0 Å². The van der Waals surface area contributed by atoms with Crippen LogP contribution in [0.25, 0.3) is 16.0 Å². The molecule has 5 rings (SSSR count). The molecule has 3 aromatic carbocycles. The Morgan fingerprint density at radius 2 is 1.69 bits per heavy atom. The molecule has 2 heterocycles. The van der Waals surface area contributed by atoms with E-state index >= 15 is 0 Å². The number of carbonyl (C=O) groups is 2. The number of aryl methyl sites for hydroxylation is 2. The number of ether oxygens (including phenoxy) is 1. The fraction of sp³-hybridized carbons (Fsp3) is 0.281. The first-order valence-corrected chi connectivity index (χ1v) is 13.8. The molecule has 0 aliphatic carbocycles. The number of nitrogens with zero attached hydrogens (tertiary/aromatic N) is 2. The number of hydrogen-bond acceptors (Lipinski definition) is 6. The minimum atomic E-state index is -0.826. The summed E-state index contributed by atoms with van der Waals surface area (Å²) in [7, 11) is 0. The van der Waals surface area contributed by atoms with E-state index in [2.05, 4.69) is 26.8 Å². The fourth-order valence-corrected chi connectivity index (χ4v) is 6.17. The average molecular weight is 541 g/mol. The standard InChI is InChI=1S/C32H32N2O4S/c1-7-38-23-14-10-21(11-15-23)28(35)25-27(20-8-12-22(13-9-20)32(4,5)6)34(30(37)29(25)36)31-33-26-19(3)16-18(2)17-24(26)39-31/h8-17,27,35H,7H2,1-6H3/t27-/m1/s1. The third-order valence-electron chi connectivity index (χ3n) is 7.00. The van der Waals surface area contributed by atoms with Crippen molar-refractivity contribution in [2.24, 2.45) is 0 Å². The molecule has 0 spiro atoms. The van der Waals surface area contributed by atoms with Crippen molar-refractivity contribution in [3.63, 3.8) is 0 Å². The number of rotatable bonds is 5. The molecule has 1 fully saturated rings. The molecule has 0 bridgehead atoms. The van der Waals surface area contributed by atoms with Crippen LogP contribution in [-0.4, -0.2) is 28.4 Å². The van der Waals surface area contributed by atoms with Crippen LogP contribution < -0.4 is 9.64 Å². The average Bonchev–Trinajstić information content (AvgIpc) is 3.42. The summed E-state index contributed by atoms with van der Waals surface area (Å²) in [5.74, 6) is -1.01. The van der Waals surface area contributed by atoms with Crippen LogP contribution in [-0.2, 0) is 15.0 Å². The largest absolute Gasteiger partial charge is 0.507 e. The predicted octanol–water partition coefficient (Wildman–Crippen LogP) is 7.24. The van der Waals surface area contributed by atoms with Gasteiger partial charge in [-0.25, -0.2) is 4.98 Å². The number of aliphatic hydroxyl groups excluding tert-OH is 1. The first-order valence-electron chi connectivity index (χ1n) is 13.0. The number of anilines is 1. The summed E-state index contributed by atoms with van der Waals surface area (Å²) < 4.78 is 6.46. The highest BCUT2D eigenvalue weighted by Gasteiger charge is 2.48. The lowest BCUT2D eigenvalue weighted by Crippen LogP contribution is -2.29. The highest BCUT2D eigenvalue weighted by Crippen LogP contribution is 2.45. The zero-order valence-electron chi connectivity index (χ0n) is 23.0. The quantitative estimate of drug-likeness (QED) is 0.164. The Balaban J connectivity index is 1.70. The molecule has 1 N–H and O–H groups in total. The maximum Gasteiger partial charge on any atom is 0.301 e. The van der Waals surface area contributed by atoms with Crippen molar-refractivity contribution in [1.82, 2.24) is 4.98 Å². The number of aromatic nitrogens is 1. The number of thiazole rings is 1. The molecule has 7 heteroatoms. The topological polar surface area (TPSA) is 79.7 Å². The van der Waals surface area contributed by atoms with E-state index in [9.17, 15) is 14.7 Å². The molecule has 4 aromatic rings. The Hall–Kier alpha value is -3.97. The lowest BCUT2D eigenvalue weighted by molar-refractivity contribution is -0.132. The molecule has 39 heavy (non-hydrogen) atoms. The van der Waals surface area contributed by atoms with Gasteiger partial charge in [0.05, 0.1) is 28.4 Å². The van der Waals surface area contributed by atoms with E-state index in [0.29, 0.717) is 23.1 Å². The molecule has 0 unspecified atom stereocenters. The van der Waals surface area contributed by atoms with Crippen LogP contribution in [0.1, 0.15) is 61.6 Å². The zero-order chi connectivity index (χ0) is 28.1. The van der Waals surface area contributed by atoms with E-state index in [1.165, 1.54) is 16.2 Å². The zero-order valence-corrected chi connectivity index (χ0v) is 23.8. The van der Waals surface area contributed by atoms with E-state index in [0.717, 1.165) is 32.5 Å². The normalized spacial score (nSPS) is 17.3. The molecule has 1 saturated heterocycles. The number of amides is 1. The third-order valence-corrected chi connectivity index (χ3v) is 8.00. The highest BCUT2D eigenvalue weighted by atomic mass is 32.1. The van der Waals surface area contributed by atoms with Gasteiger partial charge in [-0.3, -0.25) is 14.5 Å². The van der Waals surface area contributed by atoms with Gasteiger partial charge in [0.15, 0.2) is 5.13 Å². The number of ketones is 1. The summed E-state index contributed by atoms with van der Waals surface area (Å²) in [5, 5.41) is 11.9. The van der Waals surface area contributed by atoms with Gasteiger partial charge in [-0.1, -0.05) is 62.4 Å². The number of benzene rings is 3. The molecule has 1 atom stereocenters. The van der Waals surface area contributed by atoms with Crippen LogP contribution in [0.2, 0.25) is 0 Å². The molecule has 1 amide bonds. The van der Waals surface area contributed by atoms with E-state index in [-0.39, 0.29) is 16.7 Å². The van der Waals surface area contributed by atoms with Crippen molar-refractivity contribution < 1.29 is 19.4 Å². The molecule has 0 radical (unpaired) electrons. The second-order valence-electron chi connectivity index (χ2n) is 10.9. The van der Waals surface area contributed by atoms with Gasteiger partial charge in [0.25, 0.3) is 5.78 Å². The van der Waals surface area contributed by atoms with Crippen molar-refractivity contribution in [2.75, 3.05) is 11.5 Å². The van der Waals surface area contributed by atoms with Crippen LogP contribution in [0.15, 0.2) is 66.2 Å². The first kappa shape index (κ1) is 26.6. The Bertz CT molecular complexity index is 1610. The Labute approximate surface area is 232 Å². The highest BCUT2D eigenvalue weighted by molar-refractivity contribution is 7.22. The van der Waals surface area contributed by atoms with Gasteiger partial charge < -0.3 is 9.84 Å². The molecule has 1 aromatic heterocycles. The molecule has 1 aliphatic rings. The summed E-state index contributed by atoms with van der Waals surface area (Å²) in [6.07, 6.45) is 0. The lowest BCUT2D eigenvalue weighted by atomic mass is 9.85. The Kier molecular flexibility index (Phi) is 6.81. The number of hydrogen-bond donors (Lipinski definition) is 1. The molecule has 6 nitrogen and oxygen atoms in total. The Morgan fingerprint density at radius 1 is 1.03 bits per heavy atom. The van der Waals surface area contributed by atoms with Crippen molar-refractivity contribution >= 4 is 44.1 Å². The molecule has 1 aliphatic heterocycles. The second kappa shape index (κ2) is 9.97. The van der Waals surface area contributed by atoms with Crippen molar-refractivity contribution in [3.05, 3.63) is 94.1 Å². The Morgan fingerprint density at radius 3 is 2.31 bits per heavy atom. The summed E-state index contributed by atoms with van der Waals surface area (Å²) >= 11 is 1.37. The smallest absolute Gasteiger partial charge is 0.301 e. The van der Waals surface area contributed by atoms with Crippen LogP contribution in [0.5, 0.6) is 5.75 Å². The van der Waals surface area contributed by atoms with Gasteiger partial charge >= 0.3 is 5.91 Å². The monoisotopic (exact) mass is 540 g/mol. The number of fused-ring (bicyclic) bond motifs is 1. The minimum absolute atomic E-state index is 0.0415. The molecule has 200 valence electrons. The maximum absolute atomic E-state index is 13.6. The van der Waals surface area contributed by atoms with Gasteiger partial charge in [0, 0.05) is 5.56 Å². The van der Waals surface area contributed by atoms with Gasteiger partial charge in [-0.15, -0.1) is 0 Å². The van der Waals surface area contributed by atoms with Crippen molar-refractivity contribution in [3.8, 4) is 5.75 Å². The maximum atomic E-state index is 13.6. The lowest BCUT2D eigenvalue weighted by Gasteiger charge is -2.24. The fourth-order valence-electron chi connectivity index (χ4n) is 5.00. The van der Waals surface area contributed by atoms with Crippen LogP contribution in [0.4, 0.5) is 5.13 Å². The van der Waals surface area contributed by atoms with Crippen LogP contribution >= 0.6 is 11.3 Å². The summed E-state index contributed by atoms with van der Waals surface area (Å²) in [5.41, 5.74) is 5.17. The van der Waals surface area contributed by atoms with Gasteiger partial charge in [0.1, 0.15) is 11.5 Å². The summed E-state index contributed by atoms with van der Waals surface area (Å²) in [6.45, 7) is 12.8. The van der Waals surface area contributed by atoms with Crippen LogP contribution in [0, 0.1) is 13.8 Å². The van der Waals surface area contributed by atoms with E-state index in [1.54, 1.807) is 24.3 Å². The molecular formula is C32H32N2O4S. The van der Waals surface area contributed by atoms with Crippen molar-refractivity contribution in [2.45, 2.75) is 53.0 Å². The second-order valence-corrected chi connectivity index (χ2v) is 11.9. The number of carbonyl (C=O) groups excluding carboxylic acids is 2. The van der Waals surface area contributed by atoms with Gasteiger partial charge in [-0.05, 0) is 78.8 Å². The predicted molar refractivity (Wildman–Crippen MR) is 157 cm³/mol. The van der Waals surface area contributed by atoms with E-state index in [1.807, 2.05) is 51.1 Å². The summed E-state index contributed by atoms with van der Waals surface area (Å²) in [6, 6.07) is 18.0. The third kappa shape index (κ3) is 4.83. The molecular weight excluding hydrogens is 508 g/mol. The first-order chi connectivity index (χ1) is 18.5. The molecule has 0 saturated carbocycles. The van der Waals surface area contributed by atoms with Crippen molar-refractivity contribution in [1.29, 1.82) is 0 Å². The van der Waals surface area contributed by atoms with E-state index < -0.39 is 17.7 Å². The summed E-state index contributed by atoms with van der Waals surface area (Å²) in [4.78, 5) is 33.4. The van der Waals surface area contributed by atoms with Crippen LogP contribution in [0.3, 0.4) is 0 Å². The number of aliphatic hydroxyl groups is 1. The number of Topliss-reactive ketones (excluding diaryl/α,β-unsaturated/α-hetero) is 1. The SMILES string of the molecule is CCOc1ccc(C(O)=C2C(=O)C(=O)N(c3nc4c(C)cc(C)cc4s3)[C@@H]2c2ccc(C(C)(C)C)cc2)cc1.